The van der Waals surface area contributed by atoms with Crippen molar-refractivity contribution in [1.29, 1.82) is 0 Å². The van der Waals surface area contributed by atoms with Crippen molar-refractivity contribution in [3.05, 3.63) is 35.9 Å². The lowest BCUT2D eigenvalue weighted by Crippen LogP contribution is -2.24. The third-order valence-electron chi connectivity index (χ3n) is 3.54. The Balaban J connectivity index is 1.99. The topological polar surface area (TPSA) is 29.3 Å². The van der Waals surface area contributed by atoms with Gasteiger partial charge in [-0.3, -0.25) is 0 Å². The van der Waals surface area contributed by atoms with Crippen LogP contribution in [0, 0.1) is 0 Å². The zero-order chi connectivity index (χ0) is 13.5. The fourth-order valence-corrected chi connectivity index (χ4v) is 2.62. The summed E-state index contributed by atoms with van der Waals surface area (Å²) in [6, 6.07) is 2.83. The summed E-state index contributed by atoms with van der Waals surface area (Å²) in [6.07, 6.45) is 1.44. The van der Waals surface area contributed by atoms with Crippen molar-refractivity contribution in [2.45, 2.75) is 31.5 Å². The summed E-state index contributed by atoms with van der Waals surface area (Å²) < 4.78 is 40.2. The molecular weight excluding hydrogens is 255 g/mol. The van der Waals surface area contributed by atoms with Gasteiger partial charge in [-0.1, -0.05) is 0 Å². The van der Waals surface area contributed by atoms with Crippen LogP contribution in [0.3, 0.4) is 0 Å². The molecule has 1 aliphatic rings. The van der Waals surface area contributed by atoms with E-state index in [0.717, 1.165) is 25.5 Å². The Morgan fingerprint density at radius 1 is 1.42 bits per heavy atom. The monoisotopic (exact) mass is 269 g/mol. The van der Waals surface area contributed by atoms with Crippen molar-refractivity contribution in [2.75, 3.05) is 6.54 Å². The highest BCUT2D eigenvalue weighted by atomic mass is 19.4. The van der Waals surface area contributed by atoms with Gasteiger partial charge in [-0.15, -0.1) is 0 Å². The molecule has 6 heteroatoms. The molecule has 1 aliphatic heterocycles. The standard InChI is InChI=1S/C13H14F3N3/c14-13(15,16)10-4-2-6-19-11(10)8-18-12(19)7-9-3-1-5-17-9/h2,4,6,8-9,17H,1,3,5,7H2. The lowest BCUT2D eigenvalue weighted by atomic mass is 10.1. The number of nitrogens with one attached hydrogen (secondary N) is 1. The molecule has 0 spiro atoms. The maximum absolute atomic E-state index is 12.9. The maximum atomic E-state index is 12.9. The predicted octanol–water partition coefficient (Wildman–Crippen LogP) is 2.65. The SMILES string of the molecule is FC(F)(F)c1cccn2c(CC3CCCN3)ncc12. The van der Waals surface area contributed by atoms with Gasteiger partial charge >= 0.3 is 6.18 Å². The van der Waals surface area contributed by atoms with E-state index in [2.05, 4.69) is 10.3 Å². The summed E-state index contributed by atoms with van der Waals surface area (Å²) >= 11 is 0. The van der Waals surface area contributed by atoms with Crippen LogP contribution in [0.25, 0.3) is 5.52 Å². The normalized spacial score (nSPS) is 20.3. The molecule has 3 heterocycles. The third kappa shape index (κ3) is 2.32. The first-order valence-corrected chi connectivity index (χ1v) is 6.31. The van der Waals surface area contributed by atoms with Gasteiger partial charge in [0.1, 0.15) is 5.82 Å². The summed E-state index contributed by atoms with van der Waals surface area (Å²) in [7, 11) is 0. The molecule has 1 unspecified atom stereocenters. The van der Waals surface area contributed by atoms with Crippen LogP contribution in [0.2, 0.25) is 0 Å². The van der Waals surface area contributed by atoms with Crippen molar-refractivity contribution < 1.29 is 13.2 Å². The first-order chi connectivity index (χ1) is 9.05. The number of imidazole rings is 1. The van der Waals surface area contributed by atoms with Crippen LogP contribution >= 0.6 is 0 Å². The van der Waals surface area contributed by atoms with Crippen LogP contribution in [0.5, 0.6) is 0 Å². The Morgan fingerprint density at radius 2 is 2.26 bits per heavy atom. The van der Waals surface area contributed by atoms with Gasteiger partial charge in [-0.05, 0) is 31.5 Å². The number of nitrogens with zero attached hydrogens (tertiary/aromatic N) is 2. The molecule has 0 bridgehead atoms. The van der Waals surface area contributed by atoms with Crippen molar-refractivity contribution in [3.63, 3.8) is 0 Å². The second kappa shape index (κ2) is 4.52. The van der Waals surface area contributed by atoms with Gasteiger partial charge in [0.25, 0.3) is 0 Å². The van der Waals surface area contributed by atoms with Crippen LogP contribution in [0.1, 0.15) is 24.2 Å². The highest BCUT2D eigenvalue weighted by Gasteiger charge is 2.33. The molecule has 1 atom stereocenters. The first-order valence-electron chi connectivity index (χ1n) is 6.31. The second-order valence-corrected chi connectivity index (χ2v) is 4.85. The largest absolute Gasteiger partial charge is 0.418 e. The van der Waals surface area contributed by atoms with E-state index in [1.165, 1.54) is 12.3 Å². The summed E-state index contributed by atoms with van der Waals surface area (Å²) in [5.74, 6) is 0.681. The van der Waals surface area contributed by atoms with Gasteiger partial charge in [-0.25, -0.2) is 4.98 Å². The molecule has 102 valence electrons. The average molecular weight is 269 g/mol. The Labute approximate surface area is 108 Å². The molecule has 2 aromatic heterocycles. The zero-order valence-electron chi connectivity index (χ0n) is 10.2. The summed E-state index contributed by atoms with van der Waals surface area (Å²) in [4.78, 5) is 4.16. The van der Waals surface area contributed by atoms with E-state index in [0.29, 0.717) is 18.3 Å². The highest BCUT2D eigenvalue weighted by Crippen LogP contribution is 2.32. The fourth-order valence-electron chi connectivity index (χ4n) is 2.62. The van der Waals surface area contributed by atoms with E-state index in [-0.39, 0.29) is 5.52 Å². The molecule has 1 fully saturated rings. The number of pyridine rings is 1. The summed E-state index contributed by atoms with van der Waals surface area (Å²) in [6.45, 7) is 0.974. The lowest BCUT2D eigenvalue weighted by Gasteiger charge is -2.11. The van der Waals surface area contributed by atoms with E-state index in [1.807, 2.05) is 0 Å². The molecule has 0 amide bonds. The van der Waals surface area contributed by atoms with Crippen LogP contribution in [-0.2, 0) is 12.6 Å². The van der Waals surface area contributed by atoms with E-state index in [4.69, 9.17) is 0 Å². The zero-order valence-corrected chi connectivity index (χ0v) is 10.2. The number of hydrogen-bond acceptors (Lipinski definition) is 2. The van der Waals surface area contributed by atoms with Crippen molar-refractivity contribution in [3.8, 4) is 0 Å². The van der Waals surface area contributed by atoms with Gasteiger partial charge in [-0.2, -0.15) is 13.2 Å². The smallest absolute Gasteiger partial charge is 0.314 e. The van der Waals surface area contributed by atoms with Crippen LogP contribution < -0.4 is 5.32 Å². The van der Waals surface area contributed by atoms with Gasteiger partial charge < -0.3 is 9.72 Å². The minimum absolute atomic E-state index is 0.128. The van der Waals surface area contributed by atoms with Crippen LogP contribution in [0.15, 0.2) is 24.5 Å². The number of fused-ring (bicyclic) bond motifs is 1. The molecule has 0 radical (unpaired) electrons. The number of hydrogen-bond donors (Lipinski definition) is 1. The Kier molecular flexibility index (Phi) is 2.97. The molecule has 1 N–H and O–H groups in total. The number of alkyl halides is 3. The highest BCUT2D eigenvalue weighted by molar-refractivity contribution is 5.55. The molecule has 0 aliphatic carbocycles. The van der Waals surface area contributed by atoms with Crippen molar-refractivity contribution in [1.82, 2.24) is 14.7 Å². The Hall–Kier alpha value is -1.56. The van der Waals surface area contributed by atoms with Gasteiger partial charge in [0.15, 0.2) is 0 Å². The Bertz CT molecular complexity index is 582. The minimum Gasteiger partial charge on any atom is -0.314 e. The third-order valence-corrected chi connectivity index (χ3v) is 3.54. The number of rotatable bonds is 2. The fraction of sp³-hybridized carbons (Fsp3) is 0.462. The first kappa shape index (κ1) is 12.5. The lowest BCUT2D eigenvalue weighted by molar-refractivity contribution is -0.136. The predicted molar refractivity (Wildman–Crippen MR) is 64.9 cm³/mol. The molecule has 19 heavy (non-hydrogen) atoms. The molecular formula is C13H14F3N3. The molecule has 0 aromatic carbocycles. The van der Waals surface area contributed by atoms with Crippen LogP contribution in [0.4, 0.5) is 13.2 Å². The minimum atomic E-state index is -4.34. The summed E-state index contributed by atoms with van der Waals surface area (Å²) in [5, 5.41) is 3.33. The molecule has 3 nitrogen and oxygen atoms in total. The summed E-state index contributed by atoms with van der Waals surface area (Å²) in [5.41, 5.74) is -0.504. The number of halogens is 3. The van der Waals surface area contributed by atoms with E-state index in [9.17, 15) is 13.2 Å². The van der Waals surface area contributed by atoms with Crippen molar-refractivity contribution in [2.24, 2.45) is 0 Å². The van der Waals surface area contributed by atoms with E-state index in [1.54, 1.807) is 10.6 Å². The molecule has 3 rings (SSSR count). The van der Waals surface area contributed by atoms with Crippen LogP contribution in [-0.4, -0.2) is 22.0 Å². The van der Waals surface area contributed by atoms with Gasteiger partial charge in [0.2, 0.25) is 0 Å². The van der Waals surface area contributed by atoms with Gasteiger partial charge in [0.05, 0.1) is 17.3 Å². The molecule has 0 saturated carbocycles. The molecule has 1 saturated heterocycles. The van der Waals surface area contributed by atoms with E-state index >= 15 is 0 Å². The Morgan fingerprint density at radius 3 is 2.95 bits per heavy atom. The maximum Gasteiger partial charge on any atom is 0.418 e. The molecule has 2 aromatic rings. The average Bonchev–Trinajstić information content (AvgIpc) is 2.98. The van der Waals surface area contributed by atoms with E-state index < -0.39 is 11.7 Å². The van der Waals surface area contributed by atoms with Gasteiger partial charge in [0, 0.05) is 18.7 Å². The second-order valence-electron chi connectivity index (χ2n) is 4.85. The number of aromatic nitrogens is 2. The van der Waals surface area contributed by atoms with Crippen molar-refractivity contribution >= 4 is 5.52 Å². The quantitative estimate of drug-likeness (QED) is 0.908.